The van der Waals surface area contributed by atoms with Crippen molar-refractivity contribution in [3.8, 4) is 0 Å². The van der Waals surface area contributed by atoms with Crippen LogP contribution in [0.4, 0.5) is 19.1 Å². The molecule has 3 aromatic rings. The van der Waals surface area contributed by atoms with Gasteiger partial charge in [-0.05, 0) is 13.3 Å². The Balaban J connectivity index is 1.82. The van der Waals surface area contributed by atoms with Crippen LogP contribution >= 0.6 is 11.3 Å². The molecule has 0 spiro atoms. The van der Waals surface area contributed by atoms with Crippen molar-refractivity contribution >= 4 is 28.3 Å². The van der Waals surface area contributed by atoms with Crippen molar-refractivity contribution in [2.24, 2.45) is 5.73 Å². The van der Waals surface area contributed by atoms with Crippen LogP contribution in [0.2, 0.25) is 0 Å². The van der Waals surface area contributed by atoms with Gasteiger partial charge in [-0.15, -0.1) is 10.2 Å². The molecule has 6 nitrogen and oxygen atoms in total. The van der Waals surface area contributed by atoms with E-state index in [9.17, 15) is 13.2 Å². The van der Waals surface area contributed by atoms with Gasteiger partial charge in [0.2, 0.25) is 5.95 Å². The van der Waals surface area contributed by atoms with Crippen LogP contribution in [0.1, 0.15) is 16.4 Å². The molecule has 0 radical (unpaired) electrons. The number of aromatic nitrogens is 4. The molecule has 0 aliphatic carbocycles. The summed E-state index contributed by atoms with van der Waals surface area (Å²) in [4.78, 5) is 6.22. The van der Waals surface area contributed by atoms with Crippen molar-refractivity contribution in [1.29, 1.82) is 0 Å². The molecule has 1 fully saturated rings. The summed E-state index contributed by atoms with van der Waals surface area (Å²) in [7, 11) is 0. The van der Waals surface area contributed by atoms with Gasteiger partial charge < -0.3 is 15.2 Å². The highest BCUT2D eigenvalue weighted by atomic mass is 32.1. The predicted octanol–water partition coefficient (Wildman–Crippen LogP) is 2.40. The van der Waals surface area contributed by atoms with E-state index in [-0.39, 0.29) is 30.5 Å². The van der Waals surface area contributed by atoms with Gasteiger partial charge in [0.05, 0.1) is 18.1 Å². The number of benzene rings is 1. The summed E-state index contributed by atoms with van der Waals surface area (Å²) in [5.74, 6) is -0.971. The molecule has 0 saturated carbocycles. The highest BCUT2D eigenvalue weighted by molar-refractivity contribution is 7.11. The molecule has 2 atom stereocenters. The lowest BCUT2D eigenvalue weighted by Crippen LogP contribution is -2.50. The van der Waals surface area contributed by atoms with Crippen molar-refractivity contribution in [2.75, 3.05) is 18.0 Å². The minimum atomic E-state index is -1.08. The van der Waals surface area contributed by atoms with Gasteiger partial charge in [0, 0.05) is 25.2 Å². The lowest BCUT2D eigenvalue weighted by molar-refractivity contribution is 0.243. The maximum Gasteiger partial charge on any atom is 0.207 e. The molecule has 1 saturated heterocycles. The largest absolute Gasteiger partial charge is 0.340 e. The van der Waals surface area contributed by atoms with E-state index in [1.54, 1.807) is 4.57 Å². The van der Waals surface area contributed by atoms with Crippen LogP contribution in [0.15, 0.2) is 12.1 Å². The van der Waals surface area contributed by atoms with Crippen molar-refractivity contribution < 1.29 is 13.2 Å². The normalized spacial score (nSPS) is 20.9. The Bertz CT molecular complexity index is 955. The maximum absolute atomic E-state index is 14.5. The van der Waals surface area contributed by atoms with E-state index in [1.165, 1.54) is 17.4 Å². The fraction of sp³-hybridized carbons (Fsp3) is 0.438. The van der Waals surface area contributed by atoms with Crippen molar-refractivity contribution in [1.82, 2.24) is 19.7 Å². The molecule has 1 aliphatic rings. The number of hydrogen-bond donors (Lipinski definition) is 1. The summed E-state index contributed by atoms with van der Waals surface area (Å²) in [6.07, 6.45) is -0.817. The first-order chi connectivity index (χ1) is 12.4. The van der Waals surface area contributed by atoms with E-state index in [0.29, 0.717) is 17.5 Å². The monoisotopic (exact) mass is 382 g/mol. The lowest BCUT2D eigenvalue weighted by atomic mass is 10.1. The van der Waals surface area contributed by atoms with Gasteiger partial charge in [-0.3, -0.25) is 0 Å². The van der Waals surface area contributed by atoms with Gasteiger partial charge in [-0.1, -0.05) is 11.3 Å². The van der Waals surface area contributed by atoms with E-state index in [2.05, 4.69) is 15.2 Å². The standard InChI is InChI=1S/C16H17F3N6S/c1-8-22-23-14(26-8)7-25-15-11(19)4-9(17)5-13(15)21-16(25)24-3-2-10(18)12(20)6-24/h4-5,10,12H,2-3,6-7,20H2,1H3/t10?,12-/m1/s1. The number of fused-ring (bicyclic) bond motifs is 1. The Morgan fingerprint density at radius 3 is 2.81 bits per heavy atom. The number of rotatable bonds is 3. The second-order valence-electron chi connectivity index (χ2n) is 6.38. The molecular formula is C16H17F3N6S. The second kappa shape index (κ2) is 6.51. The van der Waals surface area contributed by atoms with E-state index in [1.807, 2.05) is 11.8 Å². The Labute approximate surface area is 151 Å². The molecule has 1 aromatic carbocycles. The highest BCUT2D eigenvalue weighted by Gasteiger charge is 2.30. The van der Waals surface area contributed by atoms with E-state index in [0.717, 1.165) is 11.1 Å². The Morgan fingerprint density at radius 1 is 1.31 bits per heavy atom. The summed E-state index contributed by atoms with van der Waals surface area (Å²) < 4.78 is 43.5. The molecule has 0 bridgehead atoms. The minimum absolute atomic E-state index is 0.185. The summed E-state index contributed by atoms with van der Waals surface area (Å²) in [5.41, 5.74) is 6.24. The van der Waals surface area contributed by atoms with Gasteiger partial charge in [-0.2, -0.15) is 0 Å². The molecule has 3 heterocycles. The quantitative estimate of drug-likeness (QED) is 0.753. The number of aryl methyl sites for hydroxylation is 1. The average molecular weight is 382 g/mol. The van der Waals surface area contributed by atoms with Crippen molar-refractivity contribution in [3.63, 3.8) is 0 Å². The van der Waals surface area contributed by atoms with Gasteiger partial charge in [-0.25, -0.2) is 18.2 Å². The Kier molecular flexibility index (Phi) is 4.31. The number of nitrogens with two attached hydrogens (primary N) is 1. The van der Waals surface area contributed by atoms with Crippen LogP contribution in [-0.2, 0) is 6.54 Å². The molecule has 26 heavy (non-hydrogen) atoms. The summed E-state index contributed by atoms with van der Waals surface area (Å²) >= 11 is 1.39. The third-order valence-corrected chi connectivity index (χ3v) is 5.28. The zero-order valence-electron chi connectivity index (χ0n) is 14.0. The molecular weight excluding hydrogens is 365 g/mol. The first-order valence-electron chi connectivity index (χ1n) is 8.21. The zero-order valence-corrected chi connectivity index (χ0v) is 14.8. The van der Waals surface area contributed by atoms with E-state index >= 15 is 0 Å². The number of nitrogens with zero attached hydrogens (tertiary/aromatic N) is 5. The molecule has 0 amide bonds. The van der Waals surface area contributed by atoms with Crippen LogP contribution in [0.5, 0.6) is 0 Å². The van der Waals surface area contributed by atoms with E-state index < -0.39 is 23.8 Å². The Morgan fingerprint density at radius 2 is 2.12 bits per heavy atom. The Hall–Kier alpha value is -2.20. The van der Waals surface area contributed by atoms with Crippen LogP contribution in [0.3, 0.4) is 0 Å². The third-order valence-electron chi connectivity index (χ3n) is 4.45. The molecule has 138 valence electrons. The fourth-order valence-corrected chi connectivity index (χ4v) is 3.93. The fourth-order valence-electron chi connectivity index (χ4n) is 3.24. The van der Waals surface area contributed by atoms with Gasteiger partial charge in [0.1, 0.15) is 27.5 Å². The molecule has 10 heteroatoms. The number of anilines is 1. The van der Waals surface area contributed by atoms with Crippen molar-refractivity contribution in [2.45, 2.75) is 32.1 Å². The third kappa shape index (κ3) is 3.03. The first kappa shape index (κ1) is 17.2. The lowest BCUT2D eigenvalue weighted by Gasteiger charge is -2.34. The van der Waals surface area contributed by atoms with Gasteiger partial charge in [0.15, 0.2) is 5.82 Å². The molecule has 4 rings (SSSR count). The highest BCUT2D eigenvalue weighted by Crippen LogP contribution is 2.29. The van der Waals surface area contributed by atoms with Crippen LogP contribution in [-0.4, -0.2) is 45.1 Å². The van der Waals surface area contributed by atoms with Crippen LogP contribution in [0.25, 0.3) is 11.0 Å². The second-order valence-corrected chi connectivity index (χ2v) is 7.65. The summed E-state index contributed by atoms with van der Waals surface area (Å²) in [6.45, 7) is 2.72. The van der Waals surface area contributed by atoms with E-state index in [4.69, 9.17) is 5.73 Å². The van der Waals surface area contributed by atoms with Crippen molar-refractivity contribution in [3.05, 3.63) is 33.8 Å². The number of imidazole rings is 1. The molecule has 2 N–H and O–H groups in total. The minimum Gasteiger partial charge on any atom is -0.340 e. The number of hydrogen-bond acceptors (Lipinski definition) is 6. The summed E-state index contributed by atoms with van der Waals surface area (Å²) in [6, 6.07) is 1.36. The van der Waals surface area contributed by atoms with Gasteiger partial charge in [0.25, 0.3) is 0 Å². The predicted molar refractivity (Wildman–Crippen MR) is 93.1 cm³/mol. The van der Waals surface area contributed by atoms with Crippen LogP contribution < -0.4 is 10.6 Å². The summed E-state index contributed by atoms with van der Waals surface area (Å²) in [5, 5.41) is 9.52. The molecule has 1 unspecified atom stereocenters. The maximum atomic E-state index is 14.5. The zero-order chi connectivity index (χ0) is 18.4. The number of piperidine rings is 1. The first-order valence-corrected chi connectivity index (χ1v) is 9.03. The smallest absolute Gasteiger partial charge is 0.207 e. The number of alkyl halides is 1. The SMILES string of the molecule is Cc1nnc(Cn2c(N3CCC(F)[C@H](N)C3)nc3cc(F)cc(F)c32)s1. The molecule has 1 aliphatic heterocycles. The van der Waals surface area contributed by atoms with Gasteiger partial charge >= 0.3 is 0 Å². The molecule has 2 aromatic heterocycles. The topological polar surface area (TPSA) is 72.9 Å². The number of halogens is 3. The van der Waals surface area contributed by atoms with Crippen LogP contribution in [0, 0.1) is 18.6 Å². The average Bonchev–Trinajstić information content (AvgIpc) is 3.14.